The van der Waals surface area contributed by atoms with E-state index in [0.29, 0.717) is 61.3 Å². The quantitative estimate of drug-likeness (QED) is 0.322. The molecule has 2 aromatic carbocycles. The van der Waals surface area contributed by atoms with Gasteiger partial charge in [-0.15, -0.1) is 0 Å². The maximum atomic E-state index is 6.24. The monoisotopic (exact) mass is 538 g/mol. The molecule has 2 aliphatic rings. The van der Waals surface area contributed by atoms with Crippen molar-refractivity contribution in [1.29, 1.82) is 0 Å². The minimum Gasteiger partial charge on any atom is -0.493 e. The summed E-state index contributed by atoms with van der Waals surface area (Å²) in [5.74, 6) is 3.36. The van der Waals surface area contributed by atoms with Crippen molar-refractivity contribution in [2.75, 3.05) is 74.9 Å². The van der Waals surface area contributed by atoms with Crippen molar-refractivity contribution in [2.45, 2.75) is 6.61 Å². The van der Waals surface area contributed by atoms with Crippen LogP contribution in [0.1, 0.15) is 11.1 Å². The van der Waals surface area contributed by atoms with Gasteiger partial charge >= 0.3 is 0 Å². The molecule has 200 valence electrons. The first kappa shape index (κ1) is 26.0. The first-order valence-corrected chi connectivity index (χ1v) is 13.0. The fourth-order valence-corrected chi connectivity index (χ4v) is 4.36. The van der Waals surface area contributed by atoms with Crippen molar-refractivity contribution < 1.29 is 18.9 Å². The zero-order chi connectivity index (χ0) is 26.2. The highest BCUT2D eigenvalue weighted by atomic mass is 35.5. The number of morpholine rings is 2. The molecule has 0 spiro atoms. The number of methoxy groups -OCH3 is 1. The minimum atomic E-state index is 0.343. The molecule has 11 heteroatoms. The molecule has 0 bridgehead atoms. The summed E-state index contributed by atoms with van der Waals surface area (Å²) in [5.41, 5.74) is 4.82. The number of hydrogen-bond acceptors (Lipinski definition) is 10. The van der Waals surface area contributed by atoms with Crippen molar-refractivity contribution in [3.63, 3.8) is 0 Å². The molecule has 1 aromatic heterocycles. The number of benzene rings is 2. The van der Waals surface area contributed by atoms with Gasteiger partial charge in [0.1, 0.15) is 12.4 Å². The highest BCUT2D eigenvalue weighted by molar-refractivity contribution is 6.31. The largest absolute Gasteiger partial charge is 0.493 e. The highest BCUT2D eigenvalue weighted by Crippen LogP contribution is 2.29. The third-order valence-electron chi connectivity index (χ3n) is 6.25. The molecule has 0 amide bonds. The number of ether oxygens (including phenoxy) is 4. The van der Waals surface area contributed by atoms with E-state index in [9.17, 15) is 0 Å². The number of hydrogen-bond donors (Lipinski definition) is 1. The molecule has 2 saturated heterocycles. The summed E-state index contributed by atoms with van der Waals surface area (Å²) in [6.07, 6.45) is 1.71. The summed E-state index contributed by atoms with van der Waals surface area (Å²) in [5, 5.41) is 5.10. The third kappa shape index (κ3) is 6.63. The van der Waals surface area contributed by atoms with E-state index in [2.05, 4.69) is 20.3 Å². The van der Waals surface area contributed by atoms with E-state index in [1.54, 1.807) is 13.3 Å². The van der Waals surface area contributed by atoms with Crippen LogP contribution in [0.4, 0.5) is 17.6 Å². The second kappa shape index (κ2) is 12.8. The number of rotatable bonds is 9. The Morgan fingerprint density at radius 3 is 2.42 bits per heavy atom. The molecule has 5 rings (SSSR count). The Labute approximate surface area is 227 Å². The Morgan fingerprint density at radius 1 is 0.947 bits per heavy atom. The van der Waals surface area contributed by atoms with Gasteiger partial charge in [0.05, 0.1) is 39.8 Å². The van der Waals surface area contributed by atoms with Gasteiger partial charge in [-0.1, -0.05) is 29.8 Å². The molecule has 0 radical (unpaired) electrons. The zero-order valence-corrected chi connectivity index (χ0v) is 22.1. The van der Waals surface area contributed by atoms with Crippen LogP contribution in [0.25, 0.3) is 0 Å². The van der Waals surface area contributed by atoms with Crippen LogP contribution < -0.4 is 24.7 Å². The summed E-state index contributed by atoms with van der Waals surface area (Å²) < 4.78 is 22.5. The smallest absolute Gasteiger partial charge is 0.229 e. The lowest BCUT2D eigenvalue weighted by molar-refractivity contribution is 0.121. The molecule has 2 fully saturated rings. The number of anilines is 3. The van der Waals surface area contributed by atoms with Gasteiger partial charge < -0.3 is 28.7 Å². The Morgan fingerprint density at radius 2 is 1.68 bits per heavy atom. The summed E-state index contributed by atoms with van der Waals surface area (Å²) in [4.78, 5) is 13.9. The molecule has 10 nitrogen and oxygen atoms in total. The molecule has 3 heterocycles. The van der Waals surface area contributed by atoms with Crippen LogP contribution in [0, 0.1) is 0 Å². The number of nitrogens with zero attached hydrogens (tertiary/aromatic N) is 5. The third-order valence-corrected chi connectivity index (χ3v) is 6.62. The average molecular weight is 539 g/mol. The molecular weight excluding hydrogens is 508 g/mol. The van der Waals surface area contributed by atoms with Crippen LogP contribution in [0.3, 0.4) is 0 Å². The predicted octanol–water partition coefficient (Wildman–Crippen LogP) is 3.84. The summed E-state index contributed by atoms with van der Waals surface area (Å²) >= 11 is 6.24. The van der Waals surface area contributed by atoms with E-state index in [0.717, 1.165) is 43.1 Å². The highest BCUT2D eigenvalue weighted by Gasteiger charge is 2.19. The fraction of sp³-hybridized carbons (Fsp3) is 0.370. The van der Waals surface area contributed by atoms with E-state index >= 15 is 0 Å². The van der Waals surface area contributed by atoms with Gasteiger partial charge in [0.2, 0.25) is 5.95 Å². The first-order valence-electron chi connectivity index (χ1n) is 12.6. The lowest BCUT2D eigenvalue weighted by Crippen LogP contribution is -2.39. The van der Waals surface area contributed by atoms with Crippen molar-refractivity contribution in [1.82, 2.24) is 9.97 Å². The van der Waals surface area contributed by atoms with E-state index in [1.807, 2.05) is 48.5 Å². The van der Waals surface area contributed by atoms with Crippen molar-refractivity contribution >= 4 is 35.4 Å². The van der Waals surface area contributed by atoms with Gasteiger partial charge in [0, 0.05) is 42.8 Å². The zero-order valence-electron chi connectivity index (χ0n) is 21.3. The minimum absolute atomic E-state index is 0.343. The van der Waals surface area contributed by atoms with Gasteiger partial charge in [-0.05, 0) is 29.8 Å². The van der Waals surface area contributed by atoms with Crippen LogP contribution in [-0.2, 0) is 16.1 Å². The lowest BCUT2D eigenvalue weighted by Gasteiger charge is -2.31. The van der Waals surface area contributed by atoms with Gasteiger partial charge in [0.15, 0.2) is 17.3 Å². The Hall–Kier alpha value is -3.60. The van der Waals surface area contributed by atoms with Gasteiger partial charge in [-0.2, -0.15) is 15.1 Å². The summed E-state index contributed by atoms with van der Waals surface area (Å²) in [6.45, 7) is 6.09. The molecule has 1 N–H and O–H groups in total. The van der Waals surface area contributed by atoms with Crippen molar-refractivity contribution in [3.8, 4) is 11.5 Å². The van der Waals surface area contributed by atoms with E-state index in [-0.39, 0.29) is 0 Å². The van der Waals surface area contributed by atoms with Crippen LogP contribution in [0.15, 0.2) is 53.6 Å². The molecular formula is C27H31ClN6O4. The van der Waals surface area contributed by atoms with Crippen LogP contribution >= 0.6 is 11.6 Å². The molecule has 0 unspecified atom stereocenters. The fourth-order valence-electron chi connectivity index (χ4n) is 4.17. The predicted molar refractivity (Wildman–Crippen MR) is 148 cm³/mol. The van der Waals surface area contributed by atoms with E-state index in [1.165, 1.54) is 0 Å². The Bertz CT molecular complexity index is 1210. The van der Waals surface area contributed by atoms with Crippen LogP contribution in [0.2, 0.25) is 5.02 Å². The average Bonchev–Trinajstić information content (AvgIpc) is 2.98. The first-order chi connectivity index (χ1) is 18.7. The SMILES string of the molecule is COc1cc(/C=N\Nc2cc(N3CCOCC3)nc(N3CCOCC3)n2)ccc1OCc1ccccc1Cl. The second-order valence-electron chi connectivity index (χ2n) is 8.77. The molecule has 0 aliphatic carbocycles. The van der Waals surface area contributed by atoms with E-state index in [4.69, 9.17) is 40.5 Å². The van der Waals surface area contributed by atoms with Gasteiger partial charge in [-0.3, -0.25) is 5.43 Å². The number of halogens is 1. The van der Waals surface area contributed by atoms with Crippen molar-refractivity contribution in [3.05, 3.63) is 64.7 Å². The van der Waals surface area contributed by atoms with Gasteiger partial charge in [-0.25, -0.2) is 0 Å². The molecule has 38 heavy (non-hydrogen) atoms. The second-order valence-corrected chi connectivity index (χ2v) is 9.18. The lowest BCUT2D eigenvalue weighted by atomic mass is 10.2. The number of aromatic nitrogens is 2. The standard InChI is InChI=1S/C27H31ClN6O4/c1-35-24-16-20(6-7-23(24)38-19-21-4-2-3-5-22(21)28)18-29-32-25-17-26(33-8-12-36-13-9-33)31-27(30-25)34-10-14-37-15-11-34/h2-7,16-18H,8-15,19H2,1H3,(H,30,31,32)/b29-18-. The van der Waals surface area contributed by atoms with Crippen molar-refractivity contribution in [2.24, 2.45) is 5.10 Å². The van der Waals surface area contributed by atoms with Crippen LogP contribution in [0.5, 0.6) is 11.5 Å². The molecule has 0 atom stereocenters. The van der Waals surface area contributed by atoms with E-state index < -0.39 is 0 Å². The summed E-state index contributed by atoms with van der Waals surface area (Å²) in [6, 6.07) is 15.1. The maximum absolute atomic E-state index is 6.24. The number of nitrogens with one attached hydrogen (secondary N) is 1. The normalized spacial score (nSPS) is 16.1. The Balaban J connectivity index is 1.29. The maximum Gasteiger partial charge on any atom is 0.229 e. The molecule has 3 aromatic rings. The summed E-state index contributed by atoms with van der Waals surface area (Å²) in [7, 11) is 1.61. The topological polar surface area (TPSA) is 93.6 Å². The van der Waals surface area contributed by atoms with Crippen LogP contribution in [-0.4, -0.2) is 75.9 Å². The van der Waals surface area contributed by atoms with Gasteiger partial charge in [0.25, 0.3) is 0 Å². The Kier molecular flexibility index (Phi) is 8.75. The molecule has 0 saturated carbocycles. The molecule has 2 aliphatic heterocycles. The number of hydrazone groups is 1.